The molecule has 27 heavy (non-hydrogen) atoms. The number of esters is 1. The standard InChI is InChI=1S/C22H30N2O3/c1-15(20(25)27-2)13-24(14-19-5-3-4-6-23-19)21(26)22-10-16-7-17(11-22)9-18(8-16)12-22/h3-6,15-18H,7-14H2,1-2H3. The number of rotatable bonds is 6. The highest BCUT2D eigenvalue weighted by molar-refractivity contribution is 5.84. The summed E-state index contributed by atoms with van der Waals surface area (Å²) in [5.74, 6) is 1.79. The van der Waals surface area contributed by atoms with Gasteiger partial charge >= 0.3 is 5.97 Å². The van der Waals surface area contributed by atoms with E-state index < -0.39 is 0 Å². The first kappa shape index (κ1) is 18.5. The predicted molar refractivity (Wildman–Crippen MR) is 101 cm³/mol. The predicted octanol–water partition coefficient (Wildman–Crippen LogP) is 3.44. The van der Waals surface area contributed by atoms with Crippen LogP contribution in [0.5, 0.6) is 0 Å². The van der Waals surface area contributed by atoms with Gasteiger partial charge in [0.1, 0.15) is 0 Å². The lowest BCUT2D eigenvalue weighted by Crippen LogP contribution is -2.55. The van der Waals surface area contributed by atoms with Gasteiger partial charge in [0.2, 0.25) is 5.91 Å². The normalized spacial score (nSPS) is 32.1. The van der Waals surface area contributed by atoms with Crippen molar-refractivity contribution in [1.82, 2.24) is 9.88 Å². The number of ether oxygens (including phenoxy) is 1. The Morgan fingerprint density at radius 1 is 1.19 bits per heavy atom. The number of pyridine rings is 1. The van der Waals surface area contributed by atoms with Crippen molar-refractivity contribution in [3.63, 3.8) is 0 Å². The van der Waals surface area contributed by atoms with Crippen LogP contribution in [-0.2, 0) is 20.9 Å². The van der Waals surface area contributed by atoms with Crippen LogP contribution < -0.4 is 0 Å². The lowest BCUT2D eigenvalue weighted by atomic mass is 9.49. The van der Waals surface area contributed by atoms with Crippen LogP contribution in [0.25, 0.3) is 0 Å². The minimum Gasteiger partial charge on any atom is -0.469 e. The molecule has 1 amide bonds. The molecule has 4 fully saturated rings. The van der Waals surface area contributed by atoms with Gasteiger partial charge in [-0.25, -0.2) is 0 Å². The molecule has 0 spiro atoms. The molecule has 5 rings (SSSR count). The molecule has 1 aromatic rings. The fourth-order valence-corrected chi connectivity index (χ4v) is 6.22. The largest absolute Gasteiger partial charge is 0.469 e. The van der Waals surface area contributed by atoms with Crippen molar-refractivity contribution in [2.75, 3.05) is 13.7 Å². The van der Waals surface area contributed by atoms with E-state index in [4.69, 9.17) is 4.74 Å². The summed E-state index contributed by atoms with van der Waals surface area (Å²) >= 11 is 0. The first-order valence-corrected chi connectivity index (χ1v) is 10.3. The maximum atomic E-state index is 13.8. The number of nitrogens with zero attached hydrogens (tertiary/aromatic N) is 2. The second kappa shape index (κ2) is 7.25. The molecule has 5 nitrogen and oxygen atoms in total. The summed E-state index contributed by atoms with van der Waals surface area (Å²) in [4.78, 5) is 32.1. The SMILES string of the molecule is COC(=O)C(C)CN(Cc1ccccn1)C(=O)C12CC3CC(CC(C3)C1)C2. The first-order valence-electron chi connectivity index (χ1n) is 10.3. The van der Waals surface area contributed by atoms with Gasteiger partial charge in [-0.1, -0.05) is 13.0 Å². The molecule has 1 unspecified atom stereocenters. The van der Waals surface area contributed by atoms with Gasteiger partial charge in [-0.05, 0) is 68.4 Å². The molecule has 0 radical (unpaired) electrons. The fraction of sp³-hybridized carbons (Fsp3) is 0.682. The summed E-state index contributed by atoms with van der Waals surface area (Å²) in [6.07, 6.45) is 8.78. The van der Waals surface area contributed by atoms with Crippen molar-refractivity contribution in [1.29, 1.82) is 0 Å². The van der Waals surface area contributed by atoms with Gasteiger partial charge in [0, 0.05) is 12.7 Å². The minimum absolute atomic E-state index is 0.209. The molecule has 4 aliphatic carbocycles. The third-order valence-corrected chi connectivity index (χ3v) is 6.96. The third-order valence-electron chi connectivity index (χ3n) is 6.96. The molecule has 1 atom stereocenters. The van der Waals surface area contributed by atoms with E-state index in [0.29, 0.717) is 13.1 Å². The van der Waals surface area contributed by atoms with Crippen LogP contribution in [0.3, 0.4) is 0 Å². The summed E-state index contributed by atoms with van der Waals surface area (Å²) in [7, 11) is 1.41. The summed E-state index contributed by atoms with van der Waals surface area (Å²) in [5, 5.41) is 0. The molecule has 5 heteroatoms. The van der Waals surface area contributed by atoms with E-state index in [2.05, 4.69) is 4.98 Å². The van der Waals surface area contributed by atoms with Crippen molar-refractivity contribution in [2.45, 2.75) is 52.0 Å². The zero-order valence-electron chi connectivity index (χ0n) is 16.4. The molecule has 1 heterocycles. The Morgan fingerprint density at radius 2 is 1.81 bits per heavy atom. The molecule has 0 aromatic carbocycles. The molecule has 0 N–H and O–H groups in total. The highest BCUT2D eigenvalue weighted by Gasteiger charge is 2.55. The average Bonchev–Trinajstić information content (AvgIpc) is 2.66. The van der Waals surface area contributed by atoms with Gasteiger partial charge in [-0.15, -0.1) is 0 Å². The number of carbonyl (C=O) groups excluding carboxylic acids is 2. The first-order chi connectivity index (χ1) is 13.0. The van der Waals surface area contributed by atoms with E-state index in [1.54, 1.807) is 6.20 Å². The Hall–Kier alpha value is -1.91. The van der Waals surface area contributed by atoms with Crippen LogP contribution >= 0.6 is 0 Å². The lowest BCUT2D eigenvalue weighted by molar-refractivity contribution is -0.160. The van der Waals surface area contributed by atoms with Gasteiger partial charge in [0.15, 0.2) is 0 Å². The Bertz CT molecular complexity index is 667. The number of carbonyl (C=O) groups is 2. The topological polar surface area (TPSA) is 59.5 Å². The Morgan fingerprint density at radius 3 is 2.33 bits per heavy atom. The number of hydrogen-bond donors (Lipinski definition) is 0. The maximum Gasteiger partial charge on any atom is 0.310 e. The molecule has 0 aliphatic heterocycles. The number of amides is 1. The van der Waals surface area contributed by atoms with Crippen LogP contribution in [0.1, 0.15) is 51.1 Å². The van der Waals surface area contributed by atoms with Gasteiger partial charge in [-0.2, -0.15) is 0 Å². The maximum absolute atomic E-state index is 13.8. The van der Waals surface area contributed by atoms with Crippen LogP contribution in [0.2, 0.25) is 0 Å². The van der Waals surface area contributed by atoms with Gasteiger partial charge in [-0.3, -0.25) is 14.6 Å². The van der Waals surface area contributed by atoms with Gasteiger partial charge < -0.3 is 9.64 Å². The zero-order chi connectivity index (χ0) is 19.0. The highest BCUT2D eigenvalue weighted by atomic mass is 16.5. The lowest BCUT2D eigenvalue weighted by Gasteiger charge is -2.56. The quantitative estimate of drug-likeness (QED) is 0.720. The van der Waals surface area contributed by atoms with Crippen molar-refractivity contribution in [2.24, 2.45) is 29.1 Å². The summed E-state index contributed by atoms with van der Waals surface area (Å²) < 4.78 is 4.90. The summed E-state index contributed by atoms with van der Waals surface area (Å²) in [6, 6.07) is 5.77. The molecular formula is C22H30N2O3. The van der Waals surface area contributed by atoms with E-state index in [1.165, 1.54) is 26.4 Å². The van der Waals surface area contributed by atoms with Crippen molar-refractivity contribution >= 4 is 11.9 Å². The van der Waals surface area contributed by atoms with Gasteiger partial charge in [0.25, 0.3) is 0 Å². The average molecular weight is 370 g/mol. The molecular weight excluding hydrogens is 340 g/mol. The van der Waals surface area contributed by atoms with E-state index in [1.807, 2.05) is 30.0 Å². The molecule has 146 valence electrons. The molecule has 1 aromatic heterocycles. The summed E-state index contributed by atoms with van der Waals surface area (Å²) in [6.45, 7) is 2.69. The van der Waals surface area contributed by atoms with E-state index in [0.717, 1.165) is 42.7 Å². The monoisotopic (exact) mass is 370 g/mol. The van der Waals surface area contributed by atoms with Crippen LogP contribution in [0.4, 0.5) is 0 Å². The van der Waals surface area contributed by atoms with Gasteiger partial charge in [0.05, 0.1) is 30.7 Å². The molecule has 0 saturated heterocycles. The van der Waals surface area contributed by atoms with Crippen molar-refractivity contribution < 1.29 is 14.3 Å². The Balaban J connectivity index is 1.57. The Kier molecular flexibility index (Phi) is 4.95. The van der Waals surface area contributed by atoms with E-state index in [-0.39, 0.29) is 23.2 Å². The smallest absolute Gasteiger partial charge is 0.310 e. The minimum atomic E-state index is -0.337. The highest BCUT2D eigenvalue weighted by Crippen LogP contribution is 2.60. The number of hydrogen-bond acceptors (Lipinski definition) is 4. The summed E-state index contributed by atoms with van der Waals surface area (Å²) in [5.41, 5.74) is 0.659. The molecule has 4 saturated carbocycles. The van der Waals surface area contributed by atoms with Crippen LogP contribution in [0, 0.1) is 29.1 Å². The third kappa shape index (κ3) is 3.61. The zero-order valence-corrected chi connectivity index (χ0v) is 16.4. The van der Waals surface area contributed by atoms with Crippen molar-refractivity contribution in [3.05, 3.63) is 30.1 Å². The fourth-order valence-electron chi connectivity index (χ4n) is 6.22. The van der Waals surface area contributed by atoms with Crippen LogP contribution in [0.15, 0.2) is 24.4 Å². The second-order valence-electron chi connectivity index (χ2n) is 9.13. The number of aromatic nitrogens is 1. The van der Waals surface area contributed by atoms with E-state index in [9.17, 15) is 9.59 Å². The van der Waals surface area contributed by atoms with Crippen LogP contribution in [-0.4, -0.2) is 35.4 Å². The Labute approximate surface area is 161 Å². The van der Waals surface area contributed by atoms with E-state index >= 15 is 0 Å². The van der Waals surface area contributed by atoms with Crippen molar-refractivity contribution in [3.8, 4) is 0 Å². The number of methoxy groups -OCH3 is 1. The molecule has 4 bridgehead atoms. The second-order valence-corrected chi connectivity index (χ2v) is 9.13. The molecule has 4 aliphatic rings.